The number of benzene rings is 1. The maximum atomic E-state index is 4.98. The molecule has 0 N–H and O–H groups in total. The molecule has 0 saturated carbocycles. The zero-order valence-corrected chi connectivity index (χ0v) is 6.81. The van der Waals surface area contributed by atoms with Crippen molar-refractivity contribution < 1.29 is 4.74 Å². The van der Waals surface area contributed by atoms with E-state index in [0.717, 1.165) is 5.69 Å². The summed E-state index contributed by atoms with van der Waals surface area (Å²) in [6.45, 7) is 4.01. The summed E-state index contributed by atoms with van der Waals surface area (Å²) in [6, 6.07) is 9.63. The summed E-state index contributed by atoms with van der Waals surface area (Å²) in [5.74, 6) is 0. The summed E-state index contributed by atoms with van der Waals surface area (Å²) in [7, 11) is 0. The first-order chi connectivity index (χ1) is 5.93. The summed E-state index contributed by atoms with van der Waals surface area (Å²) in [4.78, 5) is 4.05. The SMILES string of the molecule is C=CCOC=Nc1ccccc1. The van der Waals surface area contributed by atoms with Gasteiger partial charge in [0.2, 0.25) is 0 Å². The number of hydrogen-bond acceptors (Lipinski definition) is 2. The Balaban J connectivity index is 2.41. The van der Waals surface area contributed by atoms with Crippen molar-refractivity contribution in [3.63, 3.8) is 0 Å². The number of nitrogens with zero attached hydrogens (tertiary/aromatic N) is 1. The Morgan fingerprint density at radius 3 is 2.75 bits per heavy atom. The van der Waals surface area contributed by atoms with Crippen LogP contribution in [0.5, 0.6) is 0 Å². The van der Waals surface area contributed by atoms with Crippen LogP contribution in [0.4, 0.5) is 5.69 Å². The average molecular weight is 161 g/mol. The maximum absolute atomic E-state index is 4.98. The van der Waals surface area contributed by atoms with Gasteiger partial charge < -0.3 is 4.74 Å². The number of ether oxygens (including phenoxy) is 1. The highest BCUT2D eigenvalue weighted by Gasteiger charge is 1.81. The van der Waals surface area contributed by atoms with Crippen LogP contribution in [0.1, 0.15) is 0 Å². The molecule has 2 nitrogen and oxygen atoms in total. The fourth-order valence-corrected chi connectivity index (χ4v) is 0.723. The second-order valence-corrected chi connectivity index (χ2v) is 2.19. The second kappa shape index (κ2) is 5.13. The first-order valence-corrected chi connectivity index (χ1v) is 3.73. The zero-order chi connectivity index (χ0) is 8.65. The summed E-state index contributed by atoms with van der Waals surface area (Å²) < 4.78 is 4.98. The lowest BCUT2D eigenvalue weighted by atomic mass is 10.3. The molecule has 0 saturated heterocycles. The van der Waals surface area contributed by atoms with Crippen molar-refractivity contribution in [2.45, 2.75) is 0 Å². The molecule has 1 aromatic carbocycles. The monoisotopic (exact) mass is 161 g/mol. The number of aliphatic imine (C=N–C) groups is 1. The molecule has 0 atom stereocenters. The van der Waals surface area contributed by atoms with Gasteiger partial charge in [0, 0.05) is 0 Å². The van der Waals surface area contributed by atoms with E-state index < -0.39 is 0 Å². The van der Waals surface area contributed by atoms with E-state index in [1.165, 1.54) is 6.40 Å². The standard InChI is InChI=1S/C10H11NO/c1-2-8-12-9-11-10-6-4-3-5-7-10/h2-7,9H,1,8H2. The lowest BCUT2D eigenvalue weighted by Gasteiger charge is -1.92. The molecule has 0 radical (unpaired) electrons. The third-order valence-corrected chi connectivity index (χ3v) is 1.25. The summed E-state index contributed by atoms with van der Waals surface area (Å²) in [5.41, 5.74) is 0.890. The summed E-state index contributed by atoms with van der Waals surface area (Å²) in [5, 5.41) is 0. The van der Waals surface area contributed by atoms with Crippen LogP contribution in [0.15, 0.2) is 48.0 Å². The average Bonchev–Trinajstić information content (AvgIpc) is 2.14. The molecule has 1 rings (SSSR count). The molecule has 0 heterocycles. The second-order valence-electron chi connectivity index (χ2n) is 2.19. The van der Waals surface area contributed by atoms with E-state index >= 15 is 0 Å². The Kier molecular flexibility index (Phi) is 3.64. The molecule has 0 bridgehead atoms. The van der Waals surface area contributed by atoms with E-state index in [9.17, 15) is 0 Å². The summed E-state index contributed by atoms with van der Waals surface area (Å²) >= 11 is 0. The number of hydrogen-bond donors (Lipinski definition) is 0. The molecule has 2 heteroatoms. The van der Waals surface area contributed by atoms with Gasteiger partial charge in [-0.15, -0.1) is 0 Å². The lowest BCUT2D eigenvalue weighted by molar-refractivity contribution is 0.368. The van der Waals surface area contributed by atoms with Crippen LogP contribution in [0, 0.1) is 0 Å². The van der Waals surface area contributed by atoms with Crippen LogP contribution in [0.3, 0.4) is 0 Å². The van der Waals surface area contributed by atoms with Gasteiger partial charge in [-0.3, -0.25) is 0 Å². The van der Waals surface area contributed by atoms with Crippen LogP contribution in [-0.4, -0.2) is 13.0 Å². The first kappa shape index (κ1) is 8.53. The lowest BCUT2D eigenvalue weighted by Crippen LogP contribution is -1.84. The van der Waals surface area contributed by atoms with Crippen LogP contribution in [-0.2, 0) is 4.74 Å². The van der Waals surface area contributed by atoms with Crippen molar-refractivity contribution in [1.29, 1.82) is 0 Å². The fraction of sp³-hybridized carbons (Fsp3) is 0.100. The van der Waals surface area contributed by atoms with Crippen LogP contribution in [0.2, 0.25) is 0 Å². The number of para-hydroxylation sites is 1. The van der Waals surface area contributed by atoms with Gasteiger partial charge in [0.25, 0.3) is 0 Å². The predicted molar refractivity (Wildman–Crippen MR) is 50.7 cm³/mol. The van der Waals surface area contributed by atoms with Gasteiger partial charge in [-0.2, -0.15) is 0 Å². The van der Waals surface area contributed by atoms with Gasteiger partial charge in [-0.1, -0.05) is 30.9 Å². The molecule has 0 fully saturated rings. The van der Waals surface area contributed by atoms with Crippen molar-refractivity contribution in [3.8, 4) is 0 Å². The molecule has 1 aromatic rings. The summed E-state index contributed by atoms with van der Waals surface area (Å²) in [6.07, 6.45) is 3.11. The van der Waals surface area contributed by atoms with Gasteiger partial charge in [0.15, 0.2) is 6.40 Å². The maximum Gasteiger partial charge on any atom is 0.174 e. The minimum Gasteiger partial charge on any atom is -0.479 e. The minimum absolute atomic E-state index is 0.496. The Morgan fingerprint density at radius 1 is 1.33 bits per heavy atom. The molecule has 0 aromatic heterocycles. The van der Waals surface area contributed by atoms with E-state index in [-0.39, 0.29) is 0 Å². The highest BCUT2D eigenvalue weighted by atomic mass is 16.5. The molecule has 0 spiro atoms. The Bertz CT molecular complexity index is 254. The molecule has 62 valence electrons. The zero-order valence-electron chi connectivity index (χ0n) is 6.81. The molecule has 0 aliphatic heterocycles. The van der Waals surface area contributed by atoms with E-state index in [1.807, 2.05) is 30.3 Å². The normalized spacial score (nSPS) is 10.0. The predicted octanol–water partition coefficient (Wildman–Crippen LogP) is 2.55. The fourth-order valence-electron chi connectivity index (χ4n) is 0.723. The van der Waals surface area contributed by atoms with Crippen LogP contribution >= 0.6 is 0 Å². The van der Waals surface area contributed by atoms with Crippen molar-refractivity contribution in [2.75, 3.05) is 6.61 Å². The Morgan fingerprint density at radius 2 is 2.08 bits per heavy atom. The van der Waals surface area contributed by atoms with Crippen molar-refractivity contribution >= 4 is 12.1 Å². The van der Waals surface area contributed by atoms with E-state index in [0.29, 0.717) is 6.61 Å². The minimum atomic E-state index is 0.496. The Labute approximate surface area is 72.2 Å². The van der Waals surface area contributed by atoms with Crippen LogP contribution < -0.4 is 0 Å². The highest BCUT2D eigenvalue weighted by molar-refractivity contribution is 5.55. The van der Waals surface area contributed by atoms with Crippen LogP contribution in [0.25, 0.3) is 0 Å². The van der Waals surface area contributed by atoms with E-state index in [2.05, 4.69) is 11.6 Å². The molecule has 0 amide bonds. The molecule has 0 unspecified atom stereocenters. The van der Waals surface area contributed by atoms with Gasteiger partial charge in [0.1, 0.15) is 6.61 Å². The van der Waals surface area contributed by atoms with Gasteiger partial charge in [0.05, 0.1) is 5.69 Å². The molecular formula is C10H11NO. The van der Waals surface area contributed by atoms with Gasteiger partial charge >= 0.3 is 0 Å². The first-order valence-electron chi connectivity index (χ1n) is 3.73. The quantitative estimate of drug-likeness (QED) is 0.288. The van der Waals surface area contributed by atoms with E-state index in [4.69, 9.17) is 4.74 Å². The third kappa shape index (κ3) is 3.01. The van der Waals surface area contributed by atoms with E-state index in [1.54, 1.807) is 6.08 Å². The largest absolute Gasteiger partial charge is 0.479 e. The van der Waals surface area contributed by atoms with Crippen molar-refractivity contribution in [2.24, 2.45) is 4.99 Å². The molecule has 0 aliphatic rings. The van der Waals surface area contributed by atoms with Gasteiger partial charge in [-0.05, 0) is 12.1 Å². The van der Waals surface area contributed by atoms with Crippen molar-refractivity contribution in [1.82, 2.24) is 0 Å². The highest BCUT2D eigenvalue weighted by Crippen LogP contribution is 2.07. The molecule has 0 aliphatic carbocycles. The van der Waals surface area contributed by atoms with Crippen molar-refractivity contribution in [3.05, 3.63) is 43.0 Å². The third-order valence-electron chi connectivity index (χ3n) is 1.25. The molecular weight excluding hydrogens is 150 g/mol. The number of rotatable bonds is 4. The molecule has 12 heavy (non-hydrogen) atoms. The topological polar surface area (TPSA) is 21.6 Å². The van der Waals surface area contributed by atoms with Gasteiger partial charge in [-0.25, -0.2) is 4.99 Å². The smallest absolute Gasteiger partial charge is 0.174 e. The Hall–Kier alpha value is -1.57.